The minimum atomic E-state index is -0.130. The zero-order valence-electron chi connectivity index (χ0n) is 35.5. The first-order valence-corrected chi connectivity index (χ1v) is 21.9. The molecule has 2 nitrogen and oxygen atoms in total. The molecule has 1 heterocycles. The summed E-state index contributed by atoms with van der Waals surface area (Å²) in [5.41, 5.74) is 22.4. The predicted octanol–water partition coefficient (Wildman–Crippen LogP) is 16.2. The highest BCUT2D eigenvalue weighted by molar-refractivity contribution is 6.16. The summed E-state index contributed by atoms with van der Waals surface area (Å²) in [5, 5.41) is 2.52. The summed E-state index contributed by atoms with van der Waals surface area (Å²) < 4.78 is 2.40. The van der Waals surface area contributed by atoms with Crippen molar-refractivity contribution in [2.24, 2.45) is 0 Å². The fourth-order valence-corrected chi connectivity index (χ4v) is 11.0. The second-order valence-corrected chi connectivity index (χ2v) is 18.1. The van der Waals surface area contributed by atoms with Gasteiger partial charge in [-0.15, -0.1) is 0 Å². The summed E-state index contributed by atoms with van der Waals surface area (Å²) in [6.45, 7) is 9.45. The van der Waals surface area contributed by atoms with Gasteiger partial charge < -0.3 is 9.47 Å². The second kappa shape index (κ2) is 13.5. The van der Waals surface area contributed by atoms with E-state index in [-0.39, 0.29) is 10.8 Å². The molecule has 9 aromatic carbocycles. The molecule has 0 aliphatic heterocycles. The Labute approximate surface area is 364 Å². The Bertz CT molecular complexity index is 3400. The maximum absolute atomic E-state index is 2.52. The van der Waals surface area contributed by atoms with Gasteiger partial charge in [0.1, 0.15) is 0 Å². The minimum Gasteiger partial charge on any atom is -0.309 e. The quantitative estimate of drug-likeness (QED) is 0.163. The highest BCUT2D eigenvalue weighted by Crippen LogP contribution is 2.56. The normalized spacial score (nSPS) is 14.1. The van der Waals surface area contributed by atoms with Crippen LogP contribution in [0.1, 0.15) is 49.9 Å². The molecule has 0 bridgehead atoms. The maximum Gasteiger partial charge on any atom is 0.0547 e. The van der Waals surface area contributed by atoms with E-state index in [2.05, 4.69) is 243 Å². The van der Waals surface area contributed by atoms with Gasteiger partial charge in [0.05, 0.1) is 22.4 Å². The summed E-state index contributed by atoms with van der Waals surface area (Å²) >= 11 is 0. The molecule has 12 rings (SSSR count). The number of aromatic nitrogens is 1. The standard InChI is InChI=1S/C60H46N2/c1-59(2)49-25-12-8-21-45(49)48-38-40(34-37-51(48)59)43-20-10-14-28-53(43)62(56-31-17-27-52-58(56)46-22-9-13-26-50(46)60(52,3)4)42-35-32-39(33-36-42)44-24-16-30-55-57(44)47-23-11-15-29-54(47)61(55)41-18-6-5-7-19-41/h5-38H,1-4H3. The van der Waals surface area contributed by atoms with Crippen LogP contribution in [0.4, 0.5) is 17.1 Å². The van der Waals surface area contributed by atoms with Crippen molar-refractivity contribution in [3.05, 3.63) is 229 Å². The molecule has 0 fully saturated rings. The molecule has 0 radical (unpaired) electrons. The first-order valence-electron chi connectivity index (χ1n) is 21.9. The van der Waals surface area contributed by atoms with Crippen LogP contribution in [-0.4, -0.2) is 4.57 Å². The van der Waals surface area contributed by atoms with E-state index in [0.717, 1.165) is 17.1 Å². The van der Waals surface area contributed by atoms with Gasteiger partial charge in [-0.1, -0.05) is 179 Å². The second-order valence-electron chi connectivity index (χ2n) is 18.1. The van der Waals surface area contributed by atoms with Crippen molar-refractivity contribution in [3.8, 4) is 50.2 Å². The number of rotatable bonds is 6. The summed E-state index contributed by atoms with van der Waals surface area (Å²) in [6.07, 6.45) is 0. The Morgan fingerprint density at radius 3 is 1.73 bits per heavy atom. The molecule has 296 valence electrons. The van der Waals surface area contributed by atoms with Crippen molar-refractivity contribution in [2.75, 3.05) is 4.90 Å². The van der Waals surface area contributed by atoms with Crippen molar-refractivity contribution >= 4 is 38.9 Å². The van der Waals surface area contributed by atoms with Gasteiger partial charge in [-0.2, -0.15) is 0 Å². The fraction of sp³-hybridized carbons (Fsp3) is 0.100. The van der Waals surface area contributed by atoms with Gasteiger partial charge in [0.25, 0.3) is 0 Å². The van der Waals surface area contributed by atoms with Gasteiger partial charge in [-0.05, 0) is 110 Å². The lowest BCUT2D eigenvalue weighted by atomic mass is 9.82. The SMILES string of the molecule is CC1(C)c2ccccc2-c2cc(-c3ccccc3N(c3ccc(-c4cccc5c4c4ccccc4n5-c4ccccc4)cc3)c3cccc4c3-c3ccccc3C4(C)C)ccc21. The topological polar surface area (TPSA) is 8.17 Å². The molecule has 2 heteroatoms. The molecule has 0 saturated heterocycles. The average molecular weight is 795 g/mol. The molecule has 0 unspecified atom stereocenters. The third kappa shape index (κ3) is 5.23. The third-order valence-electron chi connectivity index (χ3n) is 14.0. The van der Waals surface area contributed by atoms with Crippen molar-refractivity contribution in [1.82, 2.24) is 4.57 Å². The zero-order chi connectivity index (χ0) is 41.7. The fourth-order valence-electron chi connectivity index (χ4n) is 11.0. The van der Waals surface area contributed by atoms with E-state index in [1.807, 2.05) is 0 Å². The molecule has 2 aliphatic carbocycles. The van der Waals surface area contributed by atoms with Gasteiger partial charge in [-0.25, -0.2) is 0 Å². The Morgan fingerprint density at radius 1 is 0.371 bits per heavy atom. The zero-order valence-corrected chi connectivity index (χ0v) is 35.5. The number of benzene rings is 9. The number of nitrogens with zero attached hydrogens (tertiary/aromatic N) is 2. The smallest absolute Gasteiger partial charge is 0.0547 e. The number of fused-ring (bicyclic) bond motifs is 9. The summed E-state index contributed by atoms with van der Waals surface area (Å²) in [7, 11) is 0. The monoisotopic (exact) mass is 794 g/mol. The number of hydrogen-bond donors (Lipinski definition) is 0. The molecular weight excluding hydrogens is 749 g/mol. The van der Waals surface area contributed by atoms with E-state index >= 15 is 0 Å². The predicted molar refractivity (Wildman–Crippen MR) is 261 cm³/mol. The van der Waals surface area contributed by atoms with Gasteiger partial charge in [0.15, 0.2) is 0 Å². The van der Waals surface area contributed by atoms with Crippen molar-refractivity contribution < 1.29 is 0 Å². The van der Waals surface area contributed by atoms with Crippen LogP contribution in [0.5, 0.6) is 0 Å². The summed E-state index contributed by atoms with van der Waals surface area (Å²) in [5.74, 6) is 0. The molecule has 0 saturated carbocycles. The average Bonchev–Trinajstić information content (AvgIpc) is 3.87. The van der Waals surface area contributed by atoms with Crippen LogP contribution < -0.4 is 4.90 Å². The third-order valence-corrected chi connectivity index (χ3v) is 14.0. The van der Waals surface area contributed by atoms with Crippen LogP contribution in [0.15, 0.2) is 206 Å². The van der Waals surface area contributed by atoms with Gasteiger partial charge in [0, 0.05) is 44.1 Å². The van der Waals surface area contributed by atoms with Crippen LogP contribution in [0.3, 0.4) is 0 Å². The highest BCUT2D eigenvalue weighted by Gasteiger charge is 2.39. The Hall–Kier alpha value is -7.42. The van der Waals surface area contributed by atoms with E-state index in [9.17, 15) is 0 Å². The van der Waals surface area contributed by atoms with Crippen LogP contribution in [0.25, 0.3) is 72.0 Å². The molecule has 10 aromatic rings. The van der Waals surface area contributed by atoms with Gasteiger partial charge >= 0.3 is 0 Å². The molecule has 0 N–H and O–H groups in total. The van der Waals surface area contributed by atoms with Crippen LogP contribution >= 0.6 is 0 Å². The van der Waals surface area contributed by atoms with Crippen molar-refractivity contribution in [3.63, 3.8) is 0 Å². The number of para-hydroxylation sites is 3. The molecule has 0 spiro atoms. The molecule has 62 heavy (non-hydrogen) atoms. The van der Waals surface area contributed by atoms with Crippen molar-refractivity contribution in [1.29, 1.82) is 0 Å². The summed E-state index contributed by atoms with van der Waals surface area (Å²) in [4.78, 5) is 2.52. The molecule has 0 atom stereocenters. The van der Waals surface area contributed by atoms with E-state index < -0.39 is 0 Å². The summed E-state index contributed by atoms with van der Waals surface area (Å²) in [6, 6.07) is 76.5. The Kier molecular flexibility index (Phi) is 7.96. The largest absolute Gasteiger partial charge is 0.309 e. The Balaban J connectivity index is 1.06. The van der Waals surface area contributed by atoms with Crippen LogP contribution in [-0.2, 0) is 10.8 Å². The lowest BCUT2D eigenvalue weighted by Gasteiger charge is -2.31. The molecule has 0 amide bonds. The van der Waals surface area contributed by atoms with E-state index in [4.69, 9.17) is 0 Å². The maximum atomic E-state index is 2.52. The Morgan fingerprint density at radius 2 is 0.919 bits per heavy atom. The first kappa shape index (κ1) is 36.4. The van der Waals surface area contributed by atoms with Crippen LogP contribution in [0.2, 0.25) is 0 Å². The number of anilines is 3. The number of hydrogen-bond acceptors (Lipinski definition) is 1. The lowest BCUT2D eigenvalue weighted by Crippen LogP contribution is -2.16. The minimum absolute atomic E-state index is 0.0523. The van der Waals surface area contributed by atoms with Gasteiger partial charge in [-0.3, -0.25) is 0 Å². The first-order chi connectivity index (χ1) is 30.3. The van der Waals surface area contributed by atoms with E-state index in [1.165, 1.54) is 94.3 Å². The van der Waals surface area contributed by atoms with Gasteiger partial charge in [0.2, 0.25) is 0 Å². The molecule has 2 aliphatic rings. The van der Waals surface area contributed by atoms with Crippen molar-refractivity contribution in [2.45, 2.75) is 38.5 Å². The lowest BCUT2D eigenvalue weighted by molar-refractivity contribution is 0.660. The molecular formula is C60H46N2. The van der Waals surface area contributed by atoms with E-state index in [0.29, 0.717) is 0 Å². The highest BCUT2D eigenvalue weighted by atomic mass is 15.1. The van der Waals surface area contributed by atoms with E-state index in [1.54, 1.807) is 0 Å². The molecule has 1 aromatic heterocycles. The van der Waals surface area contributed by atoms with Crippen LogP contribution in [0, 0.1) is 0 Å².